The number of hydrogen-bond acceptors (Lipinski definition) is 16. The summed E-state index contributed by atoms with van der Waals surface area (Å²) >= 11 is 3.59. The van der Waals surface area contributed by atoms with E-state index in [1.807, 2.05) is 6.92 Å². The van der Waals surface area contributed by atoms with Gasteiger partial charge in [0.25, 0.3) is 0 Å². The summed E-state index contributed by atoms with van der Waals surface area (Å²) in [6.45, 7) is 16.3. The van der Waals surface area contributed by atoms with Gasteiger partial charge >= 0.3 is 0 Å². The first-order chi connectivity index (χ1) is 26.2. The van der Waals surface area contributed by atoms with Crippen molar-refractivity contribution in [3.63, 3.8) is 0 Å². The highest BCUT2D eigenvalue weighted by molar-refractivity contribution is 9.10. The van der Waals surface area contributed by atoms with Crippen molar-refractivity contribution in [3.8, 4) is 22.5 Å². The van der Waals surface area contributed by atoms with E-state index in [2.05, 4.69) is 82.5 Å². The number of ether oxygens (including phenoxy) is 2. The zero-order chi connectivity index (χ0) is 37.9. The molecular weight excluding hydrogens is 756 g/mol. The second-order valence-electron chi connectivity index (χ2n) is 13.2. The maximum atomic E-state index is 5.65. The van der Waals surface area contributed by atoms with Gasteiger partial charge in [0.05, 0.1) is 26.4 Å². The molecule has 8 rings (SSSR count). The Balaban J connectivity index is 0.000000167. The number of hydrogen-bond donors (Lipinski definition) is 2. The average Bonchev–Trinajstić information content (AvgIpc) is 3.73. The highest BCUT2D eigenvalue weighted by Gasteiger charge is 2.25. The molecule has 19 heteroatoms. The molecule has 0 radical (unpaired) electrons. The molecule has 2 fully saturated rings. The molecule has 0 aromatic carbocycles. The number of nitrogen functional groups attached to an aromatic ring is 2. The maximum absolute atomic E-state index is 5.65. The summed E-state index contributed by atoms with van der Waals surface area (Å²) < 4.78 is 16.0. The van der Waals surface area contributed by atoms with Crippen molar-refractivity contribution < 1.29 is 9.47 Å². The van der Waals surface area contributed by atoms with Crippen molar-refractivity contribution in [2.45, 2.75) is 59.5 Å². The SMILES string of the molecule is CCC(C)n1c(Br)nc2c(-c3cnc(N)nc3)nc(N3CCOCC3)nc21.CCC(C)n1c(C)nc2c(-c3cnc(N)nc3)nc(N3CCOCC3)nc21. The van der Waals surface area contributed by atoms with E-state index in [1.54, 1.807) is 24.8 Å². The second kappa shape index (κ2) is 16.1. The largest absolute Gasteiger partial charge is 0.378 e. The standard InChI is InChI=1S/C18H24N8O.C17H21BrN8O/c1-4-11(2)26-12(3)22-15-14(13-9-20-17(19)21-10-13)23-18(24-16(15)26)25-5-7-27-8-6-25;1-3-10(2)26-14-13(22-15(26)18)12(11-8-20-16(19)21-9-11)23-17(24-14)25-4-6-27-7-5-25/h9-11H,4-8H2,1-3H3,(H2,19,20,21);8-10H,3-7H2,1-2H3,(H2,19,20,21). The Bertz CT molecular complexity index is 2060. The lowest BCUT2D eigenvalue weighted by Gasteiger charge is -2.27. The molecule has 0 saturated carbocycles. The van der Waals surface area contributed by atoms with Crippen LogP contribution in [0.5, 0.6) is 0 Å². The maximum Gasteiger partial charge on any atom is 0.228 e. The van der Waals surface area contributed by atoms with E-state index in [9.17, 15) is 0 Å². The number of fused-ring (bicyclic) bond motifs is 2. The zero-order valence-corrected chi connectivity index (χ0v) is 32.7. The van der Waals surface area contributed by atoms with Gasteiger partial charge in [0.2, 0.25) is 23.8 Å². The third kappa shape index (κ3) is 7.47. The molecule has 0 aliphatic carbocycles. The molecule has 2 aliphatic heterocycles. The Morgan fingerprint density at radius 2 is 1.04 bits per heavy atom. The van der Waals surface area contributed by atoms with E-state index >= 15 is 0 Å². The van der Waals surface area contributed by atoms with Crippen LogP contribution in [-0.4, -0.2) is 112 Å². The number of rotatable bonds is 8. The van der Waals surface area contributed by atoms with Crippen molar-refractivity contribution >= 4 is 62.1 Å². The number of anilines is 4. The molecule has 8 heterocycles. The summed E-state index contributed by atoms with van der Waals surface area (Å²) in [5, 5.41) is 0. The number of aryl methyl sites for hydroxylation is 1. The smallest absolute Gasteiger partial charge is 0.228 e. The Kier molecular flexibility index (Phi) is 11.1. The summed E-state index contributed by atoms with van der Waals surface area (Å²) in [6, 6.07) is 0.533. The van der Waals surface area contributed by atoms with Gasteiger partial charge in [-0.25, -0.2) is 39.9 Å². The topological polar surface area (TPSA) is 216 Å². The first-order valence-electron chi connectivity index (χ1n) is 18.2. The number of aromatic nitrogens is 12. The number of nitrogens with two attached hydrogens (primary N) is 2. The molecule has 6 aromatic heterocycles. The summed E-state index contributed by atoms with van der Waals surface area (Å²) in [7, 11) is 0. The van der Waals surface area contributed by atoms with Gasteiger partial charge in [0.15, 0.2) is 16.0 Å². The summed E-state index contributed by atoms with van der Waals surface area (Å²) in [6.07, 6.45) is 8.66. The van der Waals surface area contributed by atoms with E-state index in [0.29, 0.717) is 49.5 Å². The van der Waals surface area contributed by atoms with Crippen LogP contribution in [0.25, 0.3) is 44.8 Å². The van der Waals surface area contributed by atoms with Crippen molar-refractivity contribution in [3.05, 3.63) is 35.3 Å². The lowest BCUT2D eigenvalue weighted by atomic mass is 10.2. The molecule has 0 bridgehead atoms. The van der Waals surface area contributed by atoms with Crippen LogP contribution in [0.1, 0.15) is 58.4 Å². The fourth-order valence-corrected chi connectivity index (χ4v) is 7.12. The van der Waals surface area contributed by atoms with Crippen molar-refractivity contribution in [1.82, 2.24) is 59.0 Å². The van der Waals surface area contributed by atoms with E-state index in [1.165, 1.54) is 0 Å². The number of nitrogens with zero attached hydrogens (tertiary/aromatic N) is 14. The minimum absolute atomic E-state index is 0.226. The van der Waals surface area contributed by atoms with Gasteiger partial charge in [-0.05, 0) is 49.5 Å². The Labute approximate surface area is 320 Å². The highest BCUT2D eigenvalue weighted by Crippen LogP contribution is 2.33. The fourth-order valence-electron chi connectivity index (χ4n) is 6.42. The molecule has 2 aliphatic rings. The number of imidazole rings is 2. The van der Waals surface area contributed by atoms with Crippen LogP contribution in [0.15, 0.2) is 29.5 Å². The van der Waals surface area contributed by atoms with Gasteiger partial charge in [-0.1, -0.05) is 13.8 Å². The van der Waals surface area contributed by atoms with E-state index in [0.717, 1.165) is 83.2 Å². The van der Waals surface area contributed by atoms with E-state index < -0.39 is 0 Å². The third-order valence-electron chi connectivity index (χ3n) is 9.73. The third-order valence-corrected chi connectivity index (χ3v) is 10.3. The van der Waals surface area contributed by atoms with Crippen LogP contribution in [-0.2, 0) is 9.47 Å². The molecule has 6 aromatic rings. The van der Waals surface area contributed by atoms with E-state index in [4.69, 9.17) is 50.8 Å². The van der Waals surface area contributed by atoms with Crippen LogP contribution in [0, 0.1) is 6.92 Å². The first kappa shape index (κ1) is 37.2. The molecular formula is C35H45BrN16O2. The van der Waals surface area contributed by atoms with Crippen molar-refractivity contribution in [1.29, 1.82) is 0 Å². The molecule has 2 saturated heterocycles. The quantitative estimate of drug-likeness (QED) is 0.204. The van der Waals surface area contributed by atoms with Gasteiger partial charge in [-0.2, -0.15) is 9.97 Å². The Morgan fingerprint density at radius 1 is 0.630 bits per heavy atom. The normalized spacial score (nSPS) is 16.0. The van der Waals surface area contributed by atoms with Crippen molar-refractivity contribution in [2.75, 3.05) is 73.9 Å². The van der Waals surface area contributed by atoms with Gasteiger partial charge in [0, 0.05) is 74.2 Å². The minimum Gasteiger partial charge on any atom is -0.378 e. The molecule has 54 heavy (non-hydrogen) atoms. The fraction of sp³-hybridized carbons (Fsp3) is 0.486. The molecule has 284 valence electrons. The highest BCUT2D eigenvalue weighted by atomic mass is 79.9. The predicted octanol–water partition coefficient (Wildman–Crippen LogP) is 4.42. The summed E-state index contributed by atoms with van der Waals surface area (Å²) in [5.74, 6) is 2.73. The molecule has 2 unspecified atom stereocenters. The van der Waals surface area contributed by atoms with Crippen LogP contribution in [0.4, 0.5) is 23.8 Å². The van der Waals surface area contributed by atoms with Gasteiger partial charge in [-0.3, -0.25) is 0 Å². The second-order valence-corrected chi connectivity index (χ2v) is 14.0. The van der Waals surface area contributed by atoms with Crippen LogP contribution in [0.2, 0.25) is 0 Å². The Morgan fingerprint density at radius 3 is 1.48 bits per heavy atom. The van der Waals surface area contributed by atoms with Gasteiger partial charge in [-0.15, -0.1) is 0 Å². The van der Waals surface area contributed by atoms with E-state index in [-0.39, 0.29) is 24.0 Å². The van der Waals surface area contributed by atoms with Gasteiger partial charge < -0.3 is 39.9 Å². The first-order valence-corrected chi connectivity index (χ1v) is 19.0. The summed E-state index contributed by atoms with van der Waals surface area (Å²) in [5.41, 5.74) is 17.4. The molecule has 0 amide bonds. The van der Waals surface area contributed by atoms with Crippen LogP contribution >= 0.6 is 15.9 Å². The molecule has 2 atom stereocenters. The van der Waals surface area contributed by atoms with Crippen LogP contribution in [0.3, 0.4) is 0 Å². The predicted molar refractivity (Wildman–Crippen MR) is 210 cm³/mol. The monoisotopic (exact) mass is 800 g/mol. The van der Waals surface area contributed by atoms with Crippen LogP contribution < -0.4 is 21.3 Å². The number of halogens is 1. The average molecular weight is 802 g/mol. The lowest BCUT2D eigenvalue weighted by Crippen LogP contribution is -2.37. The molecule has 18 nitrogen and oxygen atoms in total. The van der Waals surface area contributed by atoms with Crippen molar-refractivity contribution in [2.24, 2.45) is 0 Å². The molecule has 0 spiro atoms. The lowest BCUT2D eigenvalue weighted by molar-refractivity contribution is 0.122. The number of morpholine rings is 2. The molecule has 4 N–H and O–H groups in total. The zero-order valence-electron chi connectivity index (χ0n) is 31.1. The summed E-state index contributed by atoms with van der Waals surface area (Å²) in [4.78, 5) is 49.6. The Hall–Kier alpha value is -5.14. The van der Waals surface area contributed by atoms with Gasteiger partial charge in [0.1, 0.15) is 28.2 Å². The minimum atomic E-state index is 0.226.